The minimum atomic E-state index is 0.504. The molecule has 3 heteroatoms. The molecular formula is C18H25N3. The molecule has 1 aromatic heterocycles. The number of anilines is 1. The van der Waals surface area contributed by atoms with Crippen molar-refractivity contribution < 1.29 is 0 Å². The number of piperidine rings is 1. The van der Waals surface area contributed by atoms with Gasteiger partial charge in [0.2, 0.25) is 0 Å². The number of rotatable bonds is 3. The maximum atomic E-state index is 4.52. The second-order valence-electron chi connectivity index (χ2n) is 6.40. The summed E-state index contributed by atoms with van der Waals surface area (Å²) in [5.74, 6) is 0.759. The number of nitrogens with zero attached hydrogens (tertiary/aromatic N) is 2. The largest absolute Gasteiger partial charge is 0.382 e. The first-order valence-corrected chi connectivity index (χ1v) is 7.94. The minimum Gasteiger partial charge on any atom is -0.382 e. The Morgan fingerprint density at radius 2 is 2.00 bits per heavy atom. The fourth-order valence-corrected chi connectivity index (χ4v) is 3.33. The summed E-state index contributed by atoms with van der Waals surface area (Å²) < 4.78 is 0. The van der Waals surface area contributed by atoms with Crippen LogP contribution in [0.25, 0.3) is 10.9 Å². The number of aromatic nitrogens is 1. The van der Waals surface area contributed by atoms with E-state index in [9.17, 15) is 0 Å². The summed E-state index contributed by atoms with van der Waals surface area (Å²) in [5.41, 5.74) is 3.57. The molecule has 112 valence electrons. The quantitative estimate of drug-likeness (QED) is 0.931. The van der Waals surface area contributed by atoms with Crippen LogP contribution in [0.4, 0.5) is 5.69 Å². The van der Waals surface area contributed by atoms with Crippen molar-refractivity contribution in [3.8, 4) is 0 Å². The van der Waals surface area contributed by atoms with E-state index in [1.807, 2.05) is 12.3 Å². The zero-order chi connectivity index (χ0) is 14.8. The highest BCUT2D eigenvalue weighted by molar-refractivity contribution is 5.93. The molecule has 0 bridgehead atoms. The van der Waals surface area contributed by atoms with E-state index in [1.54, 1.807) is 0 Å². The van der Waals surface area contributed by atoms with E-state index >= 15 is 0 Å². The lowest BCUT2D eigenvalue weighted by molar-refractivity contribution is 0.208. The second-order valence-corrected chi connectivity index (χ2v) is 6.40. The van der Waals surface area contributed by atoms with Gasteiger partial charge >= 0.3 is 0 Å². The van der Waals surface area contributed by atoms with Crippen LogP contribution in [-0.2, 0) is 0 Å². The first-order chi connectivity index (χ1) is 10.1. The van der Waals surface area contributed by atoms with Crippen LogP contribution >= 0.6 is 0 Å². The van der Waals surface area contributed by atoms with Crippen molar-refractivity contribution in [2.24, 2.45) is 5.92 Å². The summed E-state index contributed by atoms with van der Waals surface area (Å²) in [7, 11) is 2.22. The highest BCUT2D eigenvalue weighted by Gasteiger charge is 2.22. The van der Waals surface area contributed by atoms with Gasteiger partial charge in [0.1, 0.15) is 0 Å². The average Bonchev–Trinajstić information content (AvgIpc) is 2.51. The van der Waals surface area contributed by atoms with Crippen LogP contribution in [0.3, 0.4) is 0 Å². The summed E-state index contributed by atoms with van der Waals surface area (Å²) in [4.78, 5) is 6.95. The molecule has 0 aliphatic carbocycles. The average molecular weight is 283 g/mol. The molecule has 2 aromatic rings. The maximum absolute atomic E-state index is 4.52. The van der Waals surface area contributed by atoms with Gasteiger partial charge in [-0.3, -0.25) is 4.98 Å². The molecule has 0 radical (unpaired) electrons. The number of nitrogens with one attached hydrogen (secondary N) is 1. The van der Waals surface area contributed by atoms with Crippen molar-refractivity contribution in [1.82, 2.24) is 9.88 Å². The molecular weight excluding hydrogens is 258 g/mol. The van der Waals surface area contributed by atoms with E-state index in [-0.39, 0.29) is 0 Å². The topological polar surface area (TPSA) is 28.2 Å². The molecule has 1 aromatic carbocycles. The summed E-state index contributed by atoms with van der Waals surface area (Å²) in [6.07, 6.45) is 4.44. The zero-order valence-electron chi connectivity index (χ0n) is 13.3. The number of hydrogen-bond acceptors (Lipinski definition) is 3. The van der Waals surface area contributed by atoms with Crippen LogP contribution < -0.4 is 5.32 Å². The van der Waals surface area contributed by atoms with Crippen LogP contribution in [-0.4, -0.2) is 36.1 Å². The Morgan fingerprint density at radius 1 is 1.24 bits per heavy atom. The van der Waals surface area contributed by atoms with Gasteiger partial charge in [0.05, 0.1) is 5.52 Å². The van der Waals surface area contributed by atoms with E-state index < -0.39 is 0 Å². The number of benzene rings is 1. The predicted molar refractivity (Wildman–Crippen MR) is 89.8 cm³/mol. The van der Waals surface area contributed by atoms with Crippen LogP contribution in [0.15, 0.2) is 30.5 Å². The molecule has 0 saturated carbocycles. The summed E-state index contributed by atoms with van der Waals surface area (Å²) >= 11 is 0. The summed E-state index contributed by atoms with van der Waals surface area (Å²) in [5, 5.41) is 4.97. The van der Waals surface area contributed by atoms with Crippen molar-refractivity contribution in [2.45, 2.75) is 32.7 Å². The van der Waals surface area contributed by atoms with Crippen molar-refractivity contribution in [2.75, 3.05) is 25.5 Å². The number of likely N-dealkylation sites (tertiary alicyclic amines) is 1. The van der Waals surface area contributed by atoms with Crippen LogP contribution in [0.2, 0.25) is 0 Å². The third kappa shape index (κ3) is 3.03. The standard InChI is InChI=1S/C18H25N3/c1-13-6-7-17(16-5-4-10-19-18(13)16)20-14(2)15-8-11-21(3)12-9-15/h4-7,10,14-15,20H,8-9,11-12H2,1-3H3. The Hall–Kier alpha value is -1.61. The Morgan fingerprint density at radius 3 is 2.76 bits per heavy atom. The second kappa shape index (κ2) is 6.02. The number of pyridine rings is 1. The van der Waals surface area contributed by atoms with Crippen LogP contribution in [0.5, 0.6) is 0 Å². The van der Waals surface area contributed by atoms with Gasteiger partial charge in [-0.2, -0.15) is 0 Å². The normalized spacial score (nSPS) is 18.8. The maximum Gasteiger partial charge on any atom is 0.0751 e. The lowest BCUT2D eigenvalue weighted by Crippen LogP contribution is -2.37. The van der Waals surface area contributed by atoms with Gasteiger partial charge in [0.25, 0.3) is 0 Å². The molecule has 1 aliphatic heterocycles. The van der Waals surface area contributed by atoms with Gasteiger partial charge in [-0.05, 0) is 76.5 Å². The Balaban J connectivity index is 1.80. The molecule has 0 spiro atoms. The molecule has 21 heavy (non-hydrogen) atoms. The molecule has 0 amide bonds. The smallest absolute Gasteiger partial charge is 0.0751 e. The number of aryl methyl sites for hydroxylation is 1. The molecule has 3 rings (SSSR count). The third-order valence-electron chi connectivity index (χ3n) is 4.82. The van der Waals surface area contributed by atoms with Gasteiger partial charge in [0, 0.05) is 23.3 Å². The molecule has 1 fully saturated rings. The van der Waals surface area contributed by atoms with Crippen molar-refractivity contribution in [3.63, 3.8) is 0 Å². The number of fused-ring (bicyclic) bond motifs is 1. The highest BCUT2D eigenvalue weighted by Crippen LogP contribution is 2.28. The Bertz CT molecular complexity index is 615. The van der Waals surface area contributed by atoms with Gasteiger partial charge in [-0.25, -0.2) is 0 Å². The predicted octanol–water partition coefficient (Wildman–Crippen LogP) is 3.69. The summed E-state index contributed by atoms with van der Waals surface area (Å²) in [6.45, 7) is 6.87. The fourth-order valence-electron chi connectivity index (χ4n) is 3.33. The minimum absolute atomic E-state index is 0.504. The molecule has 1 aliphatic rings. The molecule has 2 heterocycles. The lowest BCUT2D eigenvalue weighted by atomic mass is 9.90. The molecule has 1 N–H and O–H groups in total. The van der Waals surface area contributed by atoms with Gasteiger partial charge in [0.15, 0.2) is 0 Å². The van der Waals surface area contributed by atoms with E-state index in [4.69, 9.17) is 0 Å². The lowest BCUT2D eigenvalue weighted by Gasteiger charge is -2.33. The van der Waals surface area contributed by atoms with Crippen molar-refractivity contribution >= 4 is 16.6 Å². The van der Waals surface area contributed by atoms with Crippen molar-refractivity contribution in [1.29, 1.82) is 0 Å². The molecule has 1 atom stereocenters. The fraction of sp³-hybridized carbons (Fsp3) is 0.500. The van der Waals surface area contributed by atoms with E-state index in [2.05, 4.69) is 54.3 Å². The van der Waals surface area contributed by atoms with Crippen LogP contribution in [0.1, 0.15) is 25.3 Å². The zero-order valence-corrected chi connectivity index (χ0v) is 13.3. The van der Waals surface area contributed by atoms with Gasteiger partial charge in [-0.1, -0.05) is 6.07 Å². The summed E-state index contributed by atoms with van der Waals surface area (Å²) in [6, 6.07) is 9.06. The van der Waals surface area contributed by atoms with E-state index in [0.717, 1.165) is 11.4 Å². The highest BCUT2D eigenvalue weighted by atomic mass is 15.1. The van der Waals surface area contributed by atoms with E-state index in [1.165, 1.54) is 42.6 Å². The SMILES string of the molecule is Cc1ccc(NC(C)C2CCN(C)CC2)c2cccnc12. The number of hydrogen-bond donors (Lipinski definition) is 1. The van der Waals surface area contributed by atoms with Crippen molar-refractivity contribution in [3.05, 3.63) is 36.0 Å². The molecule has 3 nitrogen and oxygen atoms in total. The first-order valence-electron chi connectivity index (χ1n) is 7.94. The van der Waals surface area contributed by atoms with E-state index in [0.29, 0.717) is 6.04 Å². The van der Waals surface area contributed by atoms with Crippen LogP contribution in [0, 0.1) is 12.8 Å². The third-order valence-corrected chi connectivity index (χ3v) is 4.82. The Kier molecular flexibility index (Phi) is 4.11. The molecule has 1 saturated heterocycles. The van der Waals surface area contributed by atoms with Gasteiger partial charge in [-0.15, -0.1) is 0 Å². The Labute approximate surface area is 127 Å². The first kappa shape index (κ1) is 14.3. The molecule has 1 unspecified atom stereocenters. The van der Waals surface area contributed by atoms with Gasteiger partial charge < -0.3 is 10.2 Å². The monoisotopic (exact) mass is 283 g/mol.